The Balaban J connectivity index is 2.13. The van der Waals surface area contributed by atoms with Gasteiger partial charge in [0.05, 0.1) is 6.04 Å². The molecule has 6 heteroatoms. The Morgan fingerprint density at radius 2 is 1.26 bits per heavy atom. The van der Waals surface area contributed by atoms with Crippen LogP contribution in [0.3, 0.4) is 0 Å². The molecule has 2 aromatic carbocycles. The number of nitrogens with one attached hydrogen (secondary N) is 1. The van der Waals surface area contributed by atoms with Crippen molar-refractivity contribution in [2.75, 3.05) is 0 Å². The highest BCUT2D eigenvalue weighted by Crippen LogP contribution is 2.21. The lowest BCUT2D eigenvalue weighted by molar-refractivity contribution is -0.141. The summed E-state index contributed by atoms with van der Waals surface area (Å²) in [7, 11) is 0. The van der Waals surface area contributed by atoms with E-state index in [2.05, 4.69) is 5.32 Å². The molecular formula is C32H41NO5. The molecule has 0 bridgehead atoms. The first-order chi connectivity index (χ1) is 18.0. The second-order valence-electron chi connectivity index (χ2n) is 11.0. The van der Waals surface area contributed by atoms with Crippen LogP contribution in [0, 0.1) is 23.7 Å². The lowest BCUT2D eigenvalue weighted by Gasteiger charge is -2.22. The van der Waals surface area contributed by atoms with Crippen LogP contribution in [0.25, 0.3) is 0 Å². The molecule has 0 saturated carbocycles. The predicted octanol–water partition coefficient (Wildman–Crippen LogP) is 5.43. The fourth-order valence-corrected chi connectivity index (χ4v) is 4.50. The van der Waals surface area contributed by atoms with E-state index in [9.17, 15) is 24.0 Å². The minimum atomic E-state index is -0.852. The van der Waals surface area contributed by atoms with Crippen LogP contribution in [0.1, 0.15) is 76.2 Å². The second-order valence-corrected chi connectivity index (χ2v) is 11.0. The third-order valence-electron chi connectivity index (χ3n) is 6.51. The van der Waals surface area contributed by atoms with Crippen molar-refractivity contribution < 1.29 is 24.0 Å². The minimum absolute atomic E-state index is 0.00379. The molecule has 0 unspecified atom stereocenters. The Hall–Kier alpha value is -3.41. The summed E-state index contributed by atoms with van der Waals surface area (Å²) in [6.45, 7) is 9.23. The van der Waals surface area contributed by atoms with Gasteiger partial charge in [-0.05, 0) is 37.2 Å². The van der Waals surface area contributed by atoms with E-state index in [1.807, 2.05) is 64.1 Å². The average molecular weight is 520 g/mol. The van der Waals surface area contributed by atoms with Gasteiger partial charge in [0.1, 0.15) is 0 Å². The fraction of sp³-hybridized carbons (Fsp3) is 0.469. The summed E-state index contributed by atoms with van der Waals surface area (Å²) in [6, 6.07) is 17.4. The Labute approximate surface area is 226 Å². The summed E-state index contributed by atoms with van der Waals surface area (Å²) in [6.07, 6.45) is 0.838. The van der Waals surface area contributed by atoms with Gasteiger partial charge in [0.25, 0.3) is 0 Å². The molecule has 0 heterocycles. The molecule has 2 rings (SSSR count). The van der Waals surface area contributed by atoms with E-state index in [0.717, 1.165) is 5.56 Å². The van der Waals surface area contributed by atoms with Crippen LogP contribution in [0.2, 0.25) is 0 Å². The van der Waals surface area contributed by atoms with Gasteiger partial charge in [0.15, 0.2) is 17.3 Å². The first-order valence-corrected chi connectivity index (χ1v) is 13.5. The Morgan fingerprint density at radius 1 is 0.684 bits per heavy atom. The van der Waals surface area contributed by atoms with Gasteiger partial charge in [0, 0.05) is 36.7 Å². The monoisotopic (exact) mass is 519 g/mol. The highest BCUT2D eigenvalue weighted by molar-refractivity contribution is 6.38. The van der Waals surface area contributed by atoms with Crippen molar-refractivity contribution in [1.29, 1.82) is 0 Å². The number of amides is 1. The first-order valence-electron chi connectivity index (χ1n) is 13.5. The van der Waals surface area contributed by atoms with Crippen molar-refractivity contribution in [2.45, 2.75) is 72.8 Å². The van der Waals surface area contributed by atoms with Gasteiger partial charge < -0.3 is 5.32 Å². The van der Waals surface area contributed by atoms with Crippen LogP contribution in [-0.2, 0) is 25.6 Å². The van der Waals surface area contributed by atoms with Crippen molar-refractivity contribution in [2.24, 2.45) is 23.7 Å². The number of hydrogen-bond acceptors (Lipinski definition) is 5. The van der Waals surface area contributed by atoms with Crippen molar-refractivity contribution >= 4 is 29.0 Å². The zero-order valence-corrected chi connectivity index (χ0v) is 23.2. The molecule has 0 aromatic heterocycles. The summed E-state index contributed by atoms with van der Waals surface area (Å²) >= 11 is 0. The molecule has 0 aliphatic carbocycles. The SMILES string of the molecule is CC(C)CC(=O)C(=O)[C@@H](CC(=O)[C@H](C)NC(=O)[C@@H](CC(=O)c1ccccc1)Cc1ccccc1)CC(C)C. The first kappa shape index (κ1) is 30.8. The van der Waals surface area contributed by atoms with Crippen LogP contribution in [0.4, 0.5) is 0 Å². The molecule has 204 valence electrons. The van der Waals surface area contributed by atoms with E-state index in [4.69, 9.17) is 0 Å². The van der Waals surface area contributed by atoms with E-state index in [-0.39, 0.29) is 48.6 Å². The summed E-state index contributed by atoms with van der Waals surface area (Å²) in [5.74, 6) is -2.97. The maximum absolute atomic E-state index is 13.3. The van der Waals surface area contributed by atoms with Gasteiger partial charge in [-0.2, -0.15) is 0 Å². The summed E-state index contributed by atoms with van der Waals surface area (Å²) in [5.41, 5.74) is 1.45. The Bertz CT molecular complexity index is 1090. The van der Waals surface area contributed by atoms with E-state index >= 15 is 0 Å². The van der Waals surface area contributed by atoms with Gasteiger partial charge >= 0.3 is 0 Å². The molecule has 0 saturated heterocycles. The summed E-state index contributed by atoms with van der Waals surface area (Å²) in [4.78, 5) is 64.6. The van der Waals surface area contributed by atoms with Crippen molar-refractivity contribution in [1.82, 2.24) is 5.32 Å². The summed E-state index contributed by atoms with van der Waals surface area (Å²) in [5, 5.41) is 2.78. The van der Waals surface area contributed by atoms with E-state index in [1.54, 1.807) is 31.2 Å². The van der Waals surface area contributed by atoms with Gasteiger partial charge in [-0.3, -0.25) is 24.0 Å². The largest absolute Gasteiger partial charge is 0.346 e. The lowest BCUT2D eigenvalue weighted by Crippen LogP contribution is -2.44. The van der Waals surface area contributed by atoms with Crippen LogP contribution in [0.15, 0.2) is 60.7 Å². The van der Waals surface area contributed by atoms with Crippen LogP contribution >= 0.6 is 0 Å². The molecule has 3 atom stereocenters. The average Bonchev–Trinajstić information content (AvgIpc) is 2.87. The van der Waals surface area contributed by atoms with E-state index in [1.165, 1.54) is 0 Å². The molecule has 2 aromatic rings. The fourth-order valence-electron chi connectivity index (χ4n) is 4.50. The molecule has 0 radical (unpaired) electrons. The zero-order chi connectivity index (χ0) is 28.2. The van der Waals surface area contributed by atoms with Crippen LogP contribution in [0.5, 0.6) is 0 Å². The van der Waals surface area contributed by atoms with Crippen LogP contribution < -0.4 is 5.32 Å². The Morgan fingerprint density at radius 3 is 1.82 bits per heavy atom. The number of Topliss-reactive ketones (excluding diaryl/α,β-unsaturated/α-hetero) is 4. The smallest absolute Gasteiger partial charge is 0.224 e. The second kappa shape index (κ2) is 15.1. The molecule has 0 spiro atoms. The number of ketones is 4. The lowest BCUT2D eigenvalue weighted by atomic mass is 9.84. The van der Waals surface area contributed by atoms with Crippen LogP contribution in [-0.4, -0.2) is 35.1 Å². The number of hydrogen-bond donors (Lipinski definition) is 1. The van der Waals surface area contributed by atoms with Crippen molar-refractivity contribution in [3.8, 4) is 0 Å². The van der Waals surface area contributed by atoms with Crippen molar-refractivity contribution in [3.05, 3.63) is 71.8 Å². The number of carbonyl (C=O) groups excluding carboxylic acids is 5. The number of carbonyl (C=O) groups is 5. The molecule has 0 fully saturated rings. The highest BCUT2D eigenvalue weighted by atomic mass is 16.2. The number of rotatable bonds is 16. The maximum Gasteiger partial charge on any atom is 0.224 e. The minimum Gasteiger partial charge on any atom is -0.346 e. The van der Waals surface area contributed by atoms with Gasteiger partial charge in [-0.1, -0.05) is 88.4 Å². The zero-order valence-electron chi connectivity index (χ0n) is 23.2. The molecular weight excluding hydrogens is 478 g/mol. The van der Waals surface area contributed by atoms with Crippen molar-refractivity contribution in [3.63, 3.8) is 0 Å². The summed E-state index contributed by atoms with van der Waals surface area (Å²) < 4.78 is 0. The number of benzene rings is 2. The predicted molar refractivity (Wildman–Crippen MR) is 149 cm³/mol. The molecule has 0 aliphatic heterocycles. The van der Waals surface area contributed by atoms with E-state index in [0.29, 0.717) is 18.4 Å². The third kappa shape index (κ3) is 10.2. The molecule has 1 amide bonds. The van der Waals surface area contributed by atoms with Gasteiger partial charge in [0.2, 0.25) is 11.7 Å². The molecule has 6 nitrogen and oxygen atoms in total. The maximum atomic E-state index is 13.3. The standard InChI is InChI=1S/C32H41NO5/c1-21(2)16-26(31(37)30(36)17-22(3)4)19-28(34)23(5)33-32(38)27(18-24-12-8-6-9-13-24)20-29(35)25-14-10-7-11-15-25/h6-15,21-23,26-27H,16-20H2,1-5H3,(H,33,38)/t23-,26+,27+/m0/s1. The Kier molecular flexibility index (Phi) is 12.3. The van der Waals surface area contributed by atoms with Gasteiger partial charge in [-0.25, -0.2) is 0 Å². The highest BCUT2D eigenvalue weighted by Gasteiger charge is 2.31. The molecule has 1 N–H and O–H groups in total. The van der Waals surface area contributed by atoms with E-state index < -0.39 is 29.4 Å². The van der Waals surface area contributed by atoms with Gasteiger partial charge in [-0.15, -0.1) is 0 Å². The third-order valence-corrected chi connectivity index (χ3v) is 6.51. The normalized spacial score (nSPS) is 13.6. The quantitative estimate of drug-likeness (QED) is 0.236. The molecule has 38 heavy (non-hydrogen) atoms. The topological polar surface area (TPSA) is 97.4 Å². The molecule has 0 aliphatic rings.